The van der Waals surface area contributed by atoms with Gasteiger partial charge < -0.3 is 11.1 Å². The highest BCUT2D eigenvalue weighted by Gasteiger charge is 2.30. The lowest BCUT2D eigenvalue weighted by Crippen LogP contribution is -2.43. The van der Waals surface area contributed by atoms with E-state index in [1.807, 2.05) is 6.92 Å². The Morgan fingerprint density at radius 1 is 1.50 bits per heavy atom. The number of hydrogen-bond acceptors (Lipinski definition) is 4. The third kappa shape index (κ3) is 5.38. The second kappa shape index (κ2) is 7.49. The number of carbonyl (C=O) groups is 1. The highest BCUT2D eigenvalue weighted by molar-refractivity contribution is 7.99. The van der Waals surface area contributed by atoms with Crippen molar-refractivity contribution < 1.29 is 18.0 Å². The molecule has 4 nitrogen and oxygen atoms in total. The lowest BCUT2D eigenvalue weighted by molar-refractivity contribution is -0.137. The number of amides is 1. The number of hydrogen-bond donors (Lipinski definition) is 2. The zero-order chi connectivity index (χ0) is 15.2. The fourth-order valence-electron chi connectivity index (χ4n) is 1.36. The summed E-state index contributed by atoms with van der Waals surface area (Å²) in [6.07, 6.45) is -2.76. The van der Waals surface area contributed by atoms with Crippen molar-refractivity contribution in [3.05, 3.63) is 23.9 Å². The number of aromatic nitrogens is 1. The molecule has 0 aliphatic heterocycles. The minimum atomic E-state index is -4.39. The Bertz CT molecular complexity index is 437. The lowest BCUT2D eigenvalue weighted by Gasteiger charge is -2.14. The summed E-state index contributed by atoms with van der Waals surface area (Å²) in [5, 5.41) is 3.39. The maximum Gasteiger partial charge on any atom is 0.417 e. The molecular weight excluding hydrogens is 291 g/mol. The predicted octanol–water partition coefficient (Wildman–Crippen LogP) is 2.05. The molecule has 112 valence electrons. The molecule has 0 fully saturated rings. The van der Waals surface area contributed by atoms with Crippen LogP contribution in [0.5, 0.6) is 0 Å². The Balaban J connectivity index is 2.58. The second-order valence-electron chi connectivity index (χ2n) is 4.10. The molecule has 1 unspecified atom stereocenters. The second-order valence-corrected chi connectivity index (χ2v) is 5.14. The average Bonchev–Trinajstić information content (AvgIpc) is 2.38. The van der Waals surface area contributed by atoms with Crippen LogP contribution in [0.1, 0.15) is 18.9 Å². The van der Waals surface area contributed by atoms with Crippen molar-refractivity contribution in [3.8, 4) is 0 Å². The fourth-order valence-corrected chi connectivity index (χ4v) is 2.27. The van der Waals surface area contributed by atoms with Gasteiger partial charge in [-0.3, -0.25) is 4.79 Å². The third-order valence-electron chi connectivity index (χ3n) is 2.45. The van der Waals surface area contributed by atoms with Gasteiger partial charge in [-0.05, 0) is 25.1 Å². The summed E-state index contributed by atoms with van der Waals surface area (Å²) >= 11 is 1.18. The molecule has 0 saturated carbocycles. The summed E-state index contributed by atoms with van der Waals surface area (Å²) in [7, 11) is 0. The number of halogens is 3. The largest absolute Gasteiger partial charge is 0.417 e. The van der Waals surface area contributed by atoms with E-state index in [-0.39, 0.29) is 0 Å². The molecule has 0 saturated heterocycles. The van der Waals surface area contributed by atoms with Crippen LogP contribution in [0.2, 0.25) is 0 Å². The molecule has 20 heavy (non-hydrogen) atoms. The molecule has 1 rings (SSSR count). The van der Waals surface area contributed by atoms with Gasteiger partial charge in [0, 0.05) is 11.9 Å². The Morgan fingerprint density at radius 2 is 2.20 bits per heavy atom. The van der Waals surface area contributed by atoms with Crippen LogP contribution >= 0.6 is 11.8 Å². The van der Waals surface area contributed by atoms with E-state index in [2.05, 4.69) is 10.3 Å². The SMILES string of the molecule is CCCNC(CSc1ccc(C(F)(F)F)cn1)C(N)=O. The number of nitrogens with two attached hydrogens (primary N) is 1. The van der Waals surface area contributed by atoms with Crippen LogP contribution in [0.3, 0.4) is 0 Å². The van der Waals surface area contributed by atoms with Gasteiger partial charge in [0.1, 0.15) is 0 Å². The van der Waals surface area contributed by atoms with Crippen molar-refractivity contribution in [2.75, 3.05) is 12.3 Å². The van der Waals surface area contributed by atoms with Crippen molar-refractivity contribution in [1.29, 1.82) is 0 Å². The first-order valence-corrected chi connectivity index (χ1v) is 7.02. The van der Waals surface area contributed by atoms with Crippen LogP contribution < -0.4 is 11.1 Å². The van der Waals surface area contributed by atoms with E-state index < -0.39 is 23.7 Å². The minimum Gasteiger partial charge on any atom is -0.368 e. The number of thioether (sulfide) groups is 1. The monoisotopic (exact) mass is 307 g/mol. The summed E-state index contributed by atoms with van der Waals surface area (Å²) in [4.78, 5) is 14.9. The molecule has 1 heterocycles. The molecule has 1 atom stereocenters. The van der Waals surface area contributed by atoms with E-state index in [4.69, 9.17) is 5.73 Å². The first-order chi connectivity index (χ1) is 9.34. The smallest absolute Gasteiger partial charge is 0.368 e. The number of carbonyl (C=O) groups excluding carboxylic acids is 1. The Labute approximate surface area is 119 Å². The number of nitrogens with one attached hydrogen (secondary N) is 1. The van der Waals surface area contributed by atoms with Crippen LogP contribution in [-0.2, 0) is 11.0 Å². The lowest BCUT2D eigenvalue weighted by atomic mass is 10.3. The van der Waals surface area contributed by atoms with Crippen LogP contribution in [0, 0.1) is 0 Å². The van der Waals surface area contributed by atoms with Gasteiger partial charge in [-0.1, -0.05) is 6.92 Å². The van der Waals surface area contributed by atoms with Gasteiger partial charge in [0.05, 0.1) is 16.6 Å². The summed E-state index contributed by atoms with van der Waals surface area (Å²) in [5.41, 5.74) is 4.44. The summed E-state index contributed by atoms with van der Waals surface area (Å²) < 4.78 is 37.1. The standard InChI is InChI=1S/C12H16F3N3OS/c1-2-5-17-9(11(16)19)7-20-10-4-3-8(6-18-10)12(13,14)15/h3-4,6,9,17H,2,5,7H2,1H3,(H2,16,19). The zero-order valence-corrected chi connectivity index (χ0v) is 11.7. The molecule has 0 spiro atoms. The van der Waals surface area contributed by atoms with Gasteiger partial charge in [0.25, 0.3) is 0 Å². The molecule has 0 aromatic carbocycles. The van der Waals surface area contributed by atoms with E-state index in [1.54, 1.807) is 0 Å². The van der Waals surface area contributed by atoms with Gasteiger partial charge in [0.15, 0.2) is 0 Å². The van der Waals surface area contributed by atoms with Gasteiger partial charge in [-0.15, -0.1) is 11.8 Å². The molecule has 0 bridgehead atoms. The van der Waals surface area contributed by atoms with E-state index in [1.165, 1.54) is 17.8 Å². The topological polar surface area (TPSA) is 68.0 Å². The molecule has 8 heteroatoms. The Kier molecular flexibility index (Phi) is 6.28. The summed E-state index contributed by atoms with van der Waals surface area (Å²) in [6.45, 7) is 2.60. The van der Waals surface area contributed by atoms with Gasteiger partial charge in [-0.25, -0.2) is 4.98 Å². The predicted molar refractivity (Wildman–Crippen MR) is 71.2 cm³/mol. The first kappa shape index (κ1) is 16.8. The fraction of sp³-hybridized carbons (Fsp3) is 0.500. The highest BCUT2D eigenvalue weighted by Crippen LogP contribution is 2.29. The molecule has 0 radical (unpaired) electrons. The normalized spacial score (nSPS) is 13.2. The van der Waals surface area contributed by atoms with Crippen molar-refractivity contribution >= 4 is 17.7 Å². The van der Waals surface area contributed by atoms with Gasteiger partial charge in [-0.2, -0.15) is 13.2 Å². The molecular formula is C12H16F3N3OS. The highest BCUT2D eigenvalue weighted by atomic mass is 32.2. The third-order valence-corrected chi connectivity index (χ3v) is 3.48. The van der Waals surface area contributed by atoms with Crippen LogP contribution in [-0.4, -0.2) is 29.2 Å². The van der Waals surface area contributed by atoms with Crippen LogP contribution in [0.15, 0.2) is 23.4 Å². The molecule has 1 aromatic heterocycles. The molecule has 3 N–H and O–H groups in total. The van der Waals surface area contributed by atoms with E-state index in [0.717, 1.165) is 18.7 Å². The summed E-state index contributed by atoms with van der Waals surface area (Å²) in [5.74, 6) is -0.161. The molecule has 1 aromatic rings. The molecule has 1 amide bonds. The average molecular weight is 307 g/mol. The number of pyridine rings is 1. The van der Waals surface area contributed by atoms with Gasteiger partial charge >= 0.3 is 6.18 Å². The van der Waals surface area contributed by atoms with Crippen LogP contribution in [0.4, 0.5) is 13.2 Å². The van der Waals surface area contributed by atoms with Crippen molar-refractivity contribution in [2.45, 2.75) is 30.6 Å². The van der Waals surface area contributed by atoms with E-state index in [9.17, 15) is 18.0 Å². The van der Waals surface area contributed by atoms with Crippen molar-refractivity contribution in [1.82, 2.24) is 10.3 Å². The van der Waals surface area contributed by atoms with Crippen molar-refractivity contribution in [2.24, 2.45) is 5.73 Å². The number of nitrogens with zero attached hydrogens (tertiary/aromatic N) is 1. The number of primary amides is 1. The molecule has 0 aliphatic carbocycles. The maximum atomic E-state index is 12.4. The number of alkyl halides is 3. The molecule has 0 aliphatic rings. The quantitative estimate of drug-likeness (QED) is 0.757. The minimum absolute atomic E-state index is 0.327. The Hall–Kier alpha value is -1.28. The first-order valence-electron chi connectivity index (χ1n) is 6.03. The van der Waals surface area contributed by atoms with Crippen LogP contribution in [0.25, 0.3) is 0 Å². The summed E-state index contributed by atoms with van der Waals surface area (Å²) in [6, 6.07) is 1.73. The Morgan fingerprint density at radius 3 is 2.65 bits per heavy atom. The zero-order valence-electron chi connectivity index (χ0n) is 10.9. The van der Waals surface area contributed by atoms with E-state index >= 15 is 0 Å². The number of rotatable bonds is 7. The van der Waals surface area contributed by atoms with E-state index in [0.29, 0.717) is 17.3 Å². The maximum absolute atomic E-state index is 12.4. The van der Waals surface area contributed by atoms with Crippen molar-refractivity contribution in [3.63, 3.8) is 0 Å². The van der Waals surface area contributed by atoms with Gasteiger partial charge in [0.2, 0.25) is 5.91 Å².